The second-order valence-corrected chi connectivity index (χ2v) is 5.94. The Bertz CT molecular complexity index is 915. The van der Waals surface area contributed by atoms with Gasteiger partial charge in [0.1, 0.15) is 0 Å². The minimum atomic E-state index is -0.995. The lowest BCUT2D eigenvalue weighted by Crippen LogP contribution is -2.36. The molecule has 1 saturated heterocycles. The molecule has 1 N–H and O–H groups in total. The second kappa shape index (κ2) is 6.97. The summed E-state index contributed by atoms with van der Waals surface area (Å²) in [6.45, 7) is 3.24. The quantitative estimate of drug-likeness (QED) is 0.773. The highest BCUT2D eigenvalue weighted by Crippen LogP contribution is 2.26. The molecule has 1 aliphatic heterocycles. The van der Waals surface area contributed by atoms with Crippen molar-refractivity contribution in [2.24, 2.45) is 0 Å². The van der Waals surface area contributed by atoms with Crippen molar-refractivity contribution in [1.82, 2.24) is 10.2 Å². The molecule has 0 amide bonds. The minimum absolute atomic E-state index is 0.178. The molecular weight excluding hydrogens is 334 g/mol. The molecule has 7 nitrogen and oxygen atoms in total. The number of carboxylic acids is 1. The van der Waals surface area contributed by atoms with Gasteiger partial charge in [-0.05, 0) is 42.5 Å². The molecule has 2 heterocycles. The molecule has 0 unspecified atom stereocenters. The van der Waals surface area contributed by atoms with Crippen LogP contribution in [0.3, 0.4) is 0 Å². The van der Waals surface area contributed by atoms with Crippen LogP contribution in [0.4, 0.5) is 5.69 Å². The number of ether oxygens (including phenoxy) is 1. The number of carbonyl (C=O) groups is 1. The zero-order valence-corrected chi connectivity index (χ0v) is 14.0. The number of nitrogens with zero attached hydrogens (tertiary/aromatic N) is 3. The van der Waals surface area contributed by atoms with Gasteiger partial charge in [-0.1, -0.05) is 6.07 Å². The third kappa shape index (κ3) is 3.29. The lowest BCUT2D eigenvalue weighted by atomic mass is 10.1. The monoisotopic (exact) mass is 351 g/mol. The van der Waals surface area contributed by atoms with Gasteiger partial charge in [-0.25, -0.2) is 4.79 Å². The van der Waals surface area contributed by atoms with E-state index in [0.717, 1.165) is 37.6 Å². The SMILES string of the molecule is O=C(O)c1cccc(-c2nnc(-c3ccc(N4CCOCC4)cc3)o2)c1. The Labute approximate surface area is 149 Å². The van der Waals surface area contributed by atoms with Crippen molar-refractivity contribution in [1.29, 1.82) is 0 Å². The van der Waals surface area contributed by atoms with Crippen molar-refractivity contribution < 1.29 is 19.1 Å². The number of hydrogen-bond acceptors (Lipinski definition) is 6. The van der Waals surface area contributed by atoms with E-state index >= 15 is 0 Å². The van der Waals surface area contributed by atoms with Crippen molar-refractivity contribution in [3.63, 3.8) is 0 Å². The maximum Gasteiger partial charge on any atom is 0.335 e. The first-order valence-electron chi connectivity index (χ1n) is 8.31. The van der Waals surface area contributed by atoms with Gasteiger partial charge in [-0.3, -0.25) is 0 Å². The van der Waals surface area contributed by atoms with Crippen LogP contribution in [0.15, 0.2) is 52.9 Å². The van der Waals surface area contributed by atoms with E-state index in [4.69, 9.17) is 14.3 Å². The zero-order valence-electron chi connectivity index (χ0n) is 14.0. The number of rotatable bonds is 4. The minimum Gasteiger partial charge on any atom is -0.478 e. The standard InChI is InChI=1S/C19H17N3O4/c23-19(24)15-3-1-2-14(12-15)18-21-20-17(26-18)13-4-6-16(7-5-13)22-8-10-25-11-9-22/h1-7,12H,8-11H2,(H,23,24). The van der Waals surface area contributed by atoms with E-state index in [1.165, 1.54) is 12.1 Å². The molecule has 0 spiro atoms. The zero-order chi connectivity index (χ0) is 17.9. The van der Waals surface area contributed by atoms with Crippen molar-refractivity contribution in [2.75, 3.05) is 31.2 Å². The van der Waals surface area contributed by atoms with E-state index in [9.17, 15) is 4.79 Å². The number of hydrogen-bond donors (Lipinski definition) is 1. The molecule has 1 fully saturated rings. The maximum absolute atomic E-state index is 11.1. The summed E-state index contributed by atoms with van der Waals surface area (Å²) in [6.07, 6.45) is 0. The fourth-order valence-electron chi connectivity index (χ4n) is 2.88. The summed E-state index contributed by atoms with van der Waals surface area (Å²) < 4.78 is 11.1. The molecule has 0 atom stereocenters. The fourth-order valence-corrected chi connectivity index (χ4v) is 2.88. The van der Waals surface area contributed by atoms with Crippen LogP contribution in [0, 0.1) is 0 Å². The molecule has 4 rings (SSSR count). The molecule has 26 heavy (non-hydrogen) atoms. The molecule has 7 heteroatoms. The van der Waals surface area contributed by atoms with E-state index in [0.29, 0.717) is 17.3 Å². The second-order valence-electron chi connectivity index (χ2n) is 5.94. The van der Waals surface area contributed by atoms with Crippen molar-refractivity contribution in [2.45, 2.75) is 0 Å². The van der Waals surface area contributed by atoms with Crippen LogP contribution >= 0.6 is 0 Å². The largest absolute Gasteiger partial charge is 0.478 e. The Balaban J connectivity index is 1.56. The summed E-state index contributed by atoms with van der Waals surface area (Å²) in [4.78, 5) is 13.4. The highest BCUT2D eigenvalue weighted by atomic mass is 16.5. The first-order chi connectivity index (χ1) is 12.7. The van der Waals surface area contributed by atoms with Gasteiger partial charge >= 0.3 is 5.97 Å². The number of benzene rings is 2. The van der Waals surface area contributed by atoms with Crippen LogP contribution < -0.4 is 4.90 Å². The molecule has 3 aromatic rings. The Kier molecular flexibility index (Phi) is 4.37. The number of carboxylic acid groups (broad SMARTS) is 1. The number of morpholine rings is 1. The highest BCUT2D eigenvalue weighted by molar-refractivity contribution is 5.89. The van der Waals surface area contributed by atoms with E-state index in [2.05, 4.69) is 15.1 Å². The van der Waals surface area contributed by atoms with Crippen LogP contribution in [0.2, 0.25) is 0 Å². The lowest BCUT2D eigenvalue weighted by molar-refractivity contribution is 0.0697. The normalized spacial score (nSPS) is 14.4. The molecule has 2 aromatic carbocycles. The smallest absolute Gasteiger partial charge is 0.335 e. The summed E-state index contributed by atoms with van der Waals surface area (Å²) in [5.74, 6) is -0.306. The first-order valence-corrected chi connectivity index (χ1v) is 8.31. The molecular formula is C19H17N3O4. The number of aromatic carboxylic acids is 1. The molecule has 1 aromatic heterocycles. The van der Waals surface area contributed by atoms with Gasteiger partial charge in [-0.15, -0.1) is 10.2 Å². The Morgan fingerprint density at radius 3 is 2.35 bits per heavy atom. The average Bonchev–Trinajstić information content (AvgIpc) is 3.19. The predicted molar refractivity (Wildman–Crippen MR) is 95.2 cm³/mol. The third-order valence-corrected chi connectivity index (χ3v) is 4.27. The molecule has 0 radical (unpaired) electrons. The van der Waals surface area contributed by atoms with Crippen LogP contribution in [-0.4, -0.2) is 47.6 Å². The molecule has 0 aliphatic carbocycles. The van der Waals surface area contributed by atoms with Gasteiger partial charge < -0.3 is 19.2 Å². The van der Waals surface area contributed by atoms with Crippen molar-refractivity contribution in [3.8, 4) is 22.9 Å². The highest BCUT2D eigenvalue weighted by Gasteiger charge is 2.14. The van der Waals surface area contributed by atoms with Gasteiger partial charge in [0.2, 0.25) is 11.8 Å². The predicted octanol–water partition coefficient (Wildman–Crippen LogP) is 2.94. The number of aromatic nitrogens is 2. The average molecular weight is 351 g/mol. The molecule has 1 aliphatic rings. The third-order valence-electron chi connectivity index (χ3n) is 4.27. The Morgan fingerprint density at radius 2 is 1.65 bits per heavy atom. The van der Waals surface area contributed by atoms with Gasteiger partial charge in [0, 0.05) is 29.9 Å². The Hall–Kier alpha value is -3.19. The van der Waals surface area contributed by atoms with Crippen molar-refractivity contribution >= 4 is 11.7 Å². The van der Waals surface area contributed by atoms with Gasteiger partial charge in [0.05, 0.1) is 18.8 Å². The number of anilines is 1. The van der Waals surface area contributed by atoms with Crippen molar-refractivity contribution in [3.05, 3.63) is 54.1 Å². The maximum atomic E-state index is 11.1. The summed E-state index contributed by atoms with van der Waals surface area (Å²) in [6, 6.07) is 14.4. The summed E-state index contributed by atoms with van der Waals surface area (Å²) >= 11 is 0. The van der Waals surface area contributed by atoms with Crippen LogP contribution in [0.25, 0.3) is 22.9 Å². The van der Waals surface area contributed by atoms with E-state index in [1.54, 1.807) is 12.1 Å². The summed E-state index contributed by atoms with van der Waals surface area (Å²) in [5.41, 5.74) is 2.70. The fraction of sp³-hybridized carbons (Fsp3) is 0.211. The van der Waals surface area contributed by atoms with Gasteiger partial charge in [0.25, 0.3) is 0 Å². The summed E-state index contributed by atoms with van der Waals surface area (Å²) in [7, 11) is 0. The van der Waals surface area contributed by atoms with E-state index < -0.39 is 5.97 Å². The Morgan fingerprint density at radius 1 is 0.962 bits per heavy atom. The molecule has 0 saturated carbocycles. The molecule has 0 bridgehead atoms. The van der Waals surface area contributed by atoms with Gasteiger partial charge in [0.15, 0.2) is 0 Å². The topological polar surface area (TPSA) is 88.7 Å². The molecule has 132 valence electrons. The van der Waals surface area contributed by atoms with Gasteiger partial charge in [-0.2, -0.15) is 0 Å². The van der Waals surface area contributed by atoms with Crippen LogP contribution in [-0.2, 0) is 4.74 Å². The summed E-state index contributed by atoms with van der Waals surface area (Å²) in [5, 5.41) is 17.2. The van der Waals surface area contributed by atoms with Crippen LogP contribution in [0.1, 0.15) is 10.4 Å². The first kappa shape index (κ1) is 16.3. The van der Waals surface area contributed by atoms with Crippen LogP contribution in [0.5, 0.6) is 0 Å². The lowest BCUT2D eigenvalue weighted by Gasteiger charge is -2.28. The van der Waals surface area contributed by atoms with E-state index in [-0.39, 0.29) is 5.56 Å². The van der Waals surface area contributed by atoms with E-state index in [1.807, 2.05) is 24.3 Å².